The Morgan fingerprint density at radius 1 is 1.29 bits per heavy atom. The lowest BCUT2D eigenvalue weighted by molar-refractivity contribution is -0.116. The first-order valence-corrected chi connectivity index (χ1v) is 6.03. The normalized spacial score (nSPS) is 10.3. The van der Waals surface area contributed by atoms with E-state index in [9.17, 15) is 14.4 Å². The highest BCUT2D eigenvalue weighted by Crippen LogP contribution is 2.15. The van der Waals surface area contributed by atoms with Crippen LogP contribution in [0.15, 0.2) is 33.9 Å². The Bertz CT molecular complexity index is 766. The van der Waals surface area contributed by atoms with Crippen LogP contribution in [0.2, 0.25) is 0 Å². The van der Waals surface area contributed by atoms with Gasteiger partial charge in [-0.25, -0.2) is 9.89 Å². The van der Waals surface area contributed by atoms with E-state index in [0.717, 1.165) is 0 Å². The summed E-state index contributed by atoms with van der Waals surface area (Å²) < 4.78 is 0. The van der Waals surface area contributed by atoms with Crippen LogP contribution < -0.4 is 27.6 Å². The van der Waals surface area contributed by atoms with Crippen molar-refractivity contribution in [2.45, 2.75) is 6.54 Å². The first-order chi connectivity index (χ1) is 9.97. The molecule has 1 heterocycles. The molecular weight excluding hydrogens is 276 g/mol. The molecule has 0 saturated heterocycles. The smallest absolute Gasteiger partial charge is 0.342 e. The number of nitrogens with one attached hydrogen (secondary N) is 2. The van der Waals surface area contributed by atoms with Crippen LogP contribution in [0.3, 0.4) is 0 Å². The SMILES string of the molecule is NC(=O)CN(Cc1ccccc1N)c1n[nH]c(=O)[nH]c1=O. The number of nitrogen functional groups attached to an aromatic ring is 1. The van der Waals surface area contributed by atoms with E-state index >= 15 is 0 Å². The number of anilines is 2. The molecule has 0 atom stereocenters. The molecule has 2 rings (SSSR count). The van der Waals surface area contributed by atoms with Crippen LogP contribution in [0, 0.1) is 0 Å². The van der Waals surface area contributed by atoms with E-state index in [-0.39, 0.29) is 18.9 Å². The minimum atomic E-state index is -0.734. The largest absolute Gasteiger partial charge is 0.398 e. The lowest BCUT2D eigenvalue weighted by atomic mass is 10.1. The quantitative estimate of drug-likeness (QED) is 0.493. The number of amides is 1. The fourth-order valence-corrected chi connectivity index (χ4v) is 1.83. The van der Waals surface area contributed by atoms with Crippen molar-refractivity contribution < 1.29 is 4.79 Å². The number of para-hydroxylation sites is 1. The van der Waals surface area contributed by atoms with E-state index in [1.54, 1.807) is 24.3 Å². The molecule has 0 aliphatic carbocycles. The Balaban J connectivity index is 2.39. The zero-order chi connectivity index (χ0) is 15.4. The summed E-state index contributed by atoms with van der Waals surface area (Å²) in [6.45, 7) is -0.0891. The number of rotatable bonds is 5. The highest BCUT2D eigenvalue weighted by molar-refractivity contribution is 5.79. The van der Waals surface area contributed by atoms with Crippen LogP contribution in [-0.2, 0) is 11.3 Å². The molecule has 2 aromatic rings. The molecule has 0 saturated carbocycles. The fourth-order valence-electron chi connectivity index (χ4n) is 1.83. The lowest BCUT2D eigenvalue weighted by Gasteiger charge is -2.21. The summed E-state index contributed by atoms with van der Waals surface area (Å²) in [5.74, 6) is -0.756. The van der Waals surface area contributed by atoms with Crippen LogP contribution in [0.1, 0.15) is 5.56 Å². The van der Waals surface area contributed by atoms with Gasteiger partial charge in [-0.15, -0.1) is 5.10 Å². The number of primary amides is 1. The highest BCUT2D eigenvalue weighted by Gasteiger charge is 2.16. The van der Waals surface area contributed by atoms with Crippen molar-refractivity contribution in [3.8, 4) is 0 Å². The van der Waals surface area contributed by atoms with Gasteiger partial charge in [0.25, 0.3) is 5.56 Å². The van der Waals surface area contributed by atoms with Crippen molar-refractivity contribution >= 4 is 17.4 Å². The molecule has 0 aliphatic heterocycles. The second-order valence-electron chi connectivity index (χ2n) is 4.35. The molecule has 6 N–H and O–H groups in total. The number of hydrogen-bond donors (Lipinski definition) is 4. The number of nitrogens with zero attached hydrogens (tertiary/aromatic N) is 2. The number of aromatic nitrogens is 3. The number of hydrogen-bond acceptors (Lipinski definition) is 6. The van der Waals surface area contributed by atoms with Crippen molar-refractivity contribution in [2.75, 3.05) is 17.2 Å². The molecule has 21 heavy (non-hydrogen) atoms. The van der Waals surface area contributed by atoms with Gasteiger partial charge in [-0.3, -0.25) is 14.6 Å². The van der Waals surface area contributed by atoms with Gasteiger partial charge in [0.05, 0.1) is 6.54 Å². The minimum Gasteiger partial charge on any atom is -0.398 e. The summed E-state index contributed by atoms with van der Waals surface area (Å²) in [6.07, 6.45) is 0. The number of H-pyrrole nitrogens is 2. The molecule has 0 radical (unpaired) electrons. The topological polar surface area (TPSA) is 151 Å². The van der Waals surface area contributed by atoms with Crippen molar-refractivity contribution in [3.63, 3.8) is 0 Å². The number of aromatic amines is 2. The summed E-state index contributed by atoms with van der Waals surface area (Å²) in [5.41, 5.74) is 10.8. The van der Waals surface area contributed by atoms with E-state index in [2.05, 4.69) is 10.2 Å². The average Bonchev–Trinajstić information content (AvgIpc) is 2.40. The Kier molecular flexibility index (Phi) is 4.02. The molecule has 0 fully saturated rings. The predicted octanol–water partition coefficient (Wildman–Crippen LogP) is -1.47. The van der Waals surface area contributed by atoms with Crippen LogP contribution >= 0.6 is 0 Å². The van der Waals surface area contributed by atoms with E-state index in [1.807, 2.05) is 4.98 Å². The van der Waals surface area contributed by atoms with Gasteiger partial charge in [0.15, 0.2) is 0 Å². The minimum absolute atomic E-state index is 0.114. The summed E-state index contributed by atoms with van der Waals surface area (Å²) in [6, 6.07) is 6.99. The average molecular weight is 290 g/mol. The fraction of sp³-hybridized carbons (Fsp3) is 0.167. The molecule has 1 aromatic heterocycles. The zero-order valence-corrected chi connectivity index (χ0v) is 11.0. The summed E-state index contributed by atoms with van der Waals surface area (Å²) in [4.78, 5) is 37.3. The Labute approximate surface area is 118 Å². The molecule has 1 amide bonds. The maximum Gasteiger partial charge on any atom is 0.342 e. The second-order valence-corrected chi connectivity index (χ2v) is 4.35. The maximum atomic E-state index is 11.8. The third-order valence-corrected chi connectivity index (χ3v) is 2.76. The van der Waals surface area contributed by atoms with Gasteiger partial charge < -0.3 is 16.4 Å². The Morgan fingerprint density at radius 3 is 2.62 bits per heavy atom. The van der Waals surface area contributed by atoms with Crippen molar-refractivity contribution in [3.05, 3.63) is 50.7 Å². The lowest BCUT2D eigenvalue weighted by Crippen LogP contribution is -2.39. The molecule has 1 aromatic carbocycles. The predicted molar refractivity (Wildman–Crippen MR) is 76.6 cm³/mol. The van der Waals surface area contributed by atoms with Crippen molar-refractivity contribution in [1.82, 2.24) is 15.2 Å². The third-order valence-electron chi connectivity index (χ3n) is 2.76. The van der Waals surface area contributed by atoms with Gasteiger partial charge in [0, 0.05) is 12.2 Å². The molecular formula is C12H14N6O3. The van der Waals surface area contributed by atoms with E-state index < -0.39 is 17.2 Å². The molecule has 0 bridgehead atoms. The molecule has 9 nitrogen and oxygen atoms in total. The first-order valence-electron chi connectivity index (χ1n) is 6.03. The van der Waals surface area contributed by atoms with Gasteiger partial charge in [-0.1, -0.05) is 18.2 Å². The summed E-state index contributed by atoms with van der Waals surface area (Å²) >= 11 is 0. The van der Waals surface area contributed by atoms with E-state index in [0.29, 0.717) is 11.3 Å². The molecule has 0 aliphatic rings. The zero-order valence-electron chi connectivity index (χ0n) is 11.0. The summed E-state index contributed by atoms with van der Waals surface area (Å²) in [5, 5.41) is 5.76. The Hall–Kier alpha value is -3.10. The first kappa shape index (κ1) is 14.3. The van der Waals surface area contributed by atoms with E-state index in [4.69, 9.17) is 11.5 Å². The summed E-state index contributed by atoms with van der Waals surface area (Å²) in [7, 11) is 0. The second kappa shape index (κ2) is 5.90. The third kappa shape index (κ3) is 3.47. The van der Waals surface area contributed by atoms with Crippen molar-refractivity contribution in [2.24, 2.45) is 5.73 Å². The van der Waals surface area contributed by atoms with E-state index in [1.165, 1.54) is 4.90 Å². The standard InChI is InChI=1S/C12H14N6O3/c13-8-4-2-1-3-7(8)5-18(6-9(14)19)10-11(20)15-12(21)17-16-10/h1-4H,5-6,13H2,(H2,14,19)(H2,15,17,20,21). The number of carbonyl (C=O) groups is 1. The van der Waals surface area contributed by atoms with Gasteiger partial charge >= 0.3 is 5.69 Å². The number of benzene rings is 1. The maximum absolute atomic E-state index is 11.8. The number of nitrogens with two attached hydrogens (primary N) is 2. The van der Waals surface area contributed by atoms with Crippen LogP contribution in [0.25, 0.3) is 0 Å². The van der Waals surface area contributed by atoms with Crippen LogP contribution in [-0.4, -0.2) is 27.6 Å². The monoisotopic (exact) mass is 290 g/mol. The van der Waals surface area contributed by atoms with Crippen LogP contribution in [0.4, 0.5) is 11.5 Å². The molecule has 110 valence electrons. The Morgan fingerprint density at radius 2 is 2.00 bits per heavy atom. The highest BCUT2D eigenvalue weighted by atomic mass is 16.2. The van der Waals surface area contributed by atoms with Gasteiger partial charge in [0.2, 0.25) is 11.7 Å². The van der Waals surface area contributed by atoms with Gasteiger partial charge in [0.1, 0.15) is 0 Å². The van der Waals surface area contributed by atoms with Gasteiger partial charge in [-0.05, 0) is 11.6 Å². The molecule has 9 heteroatoms. The molecule has 0 unspecified atom stereocenters. The van der Waals surface area contributed by atoms with Crippen LogP contribution in [0.5, 0.6) is 0 Å². The molecule has 0 spiro atoms. The van der Waals surface area contributed by atoms with Crippen molar-refractivity contribution in [1.29, 1.82) is 0 Å². The number of carbonyl (C=O) groups excluding carboxylic acids is 1. The van der Waals surface area contributed by atoms with Gasteiger partial charge in [-0.2, -0.15) is 0 Å².